The number of aromatic nitrogens is 6. The first-order valence-corrected chi connectivity index (χ1v) is 14.2. The number of aromatic hydroxyl groups is 2. The Bertz CT molecular complexity index is 2160. The number of hydrogen-bond acceptors (Lipinski definition) is 8. The molecular weight excluding hydrogens is 584 g/mol. The summed E-state index contributed by atoms with van der Waals surface area (Å²) in [5.74, 6) is -1.89. The highest BCUT2D eigenvalue weighted by atomic mass is 16.3. The first-order chi connectivity index (χ1) is 22.1. The summed E-state index contributed by atoms with van der Waals surface area (Å²) in [6.45, 7) is 3.57. The van der Waals surface area contributed by atoms with Gasteiger partial charge in [0.05, 0.1) is 0 Å². The first kappa shape index (κ1) is 28.2. The number of phenolic OH excluding ortho intramolecular Hbond substituents is 2. The molecule has 5 aromatic carbocycles. The molecule has 0 saturated carbocycles. The van der Waals surface area contributed by atoms with Gasteiger partial charge >= 0.3 is 0 Å². The van der Waals surface area contributed by atoms with Crippen LogP contribution in [0.2, 0.25) is 0 Å². The summed E-state index contributed by atoms with van der Waals surface area (Å²) in [4.78, 5) is 28.4. The number of primary amides is 2. The lowest BCUT2D eigenvalue weighted by Gasteiger charge is -2.21. The van der Waals surface area contributed by atoms with Crippen LogP contribution in [-0.4, -0.2) is 52.0 Å². The summed E-state index contributed by atoms with van der Waals surface area (Å²) in [5.41, 5.74) is 17.7. The maximum atomic E-state index is 12.9. The Morgan fingerprint density at radius 1 is 0.565 bits per heavy atom. The predicted octanol–water partition coefficient (Wildman–Crippen LogP) is 4.71. The van der Waals surface area contributed by atoms with Crippen molar-refractivity contribution in [3.63, 3.8) is 0 Å². The predicted molar refractivity (Wildman–Crippen MR) is 172 cm³/mol. The normalized spacial score (nSPS) is 11.3. The number of amides is 2. The number of carbonyl (C=O) groups is 2. The van der Waals surface area contributed by atoms with Gasteiger partial charge in [-0.3, -0.25) is 9.59 Å². The van der Waals surface area contributed by atoms with Crippen molar-refractivity contribution in [3.05, 3.63) is 107 Å². The minimum absolute atomic E-state index is 0.0844. The van der Waals surface area contributed by atoms with Crippen molar-refractivity contribution in [1.29, 1.82) is 0 Å². The average Bonchev–Trinajstić information content (AvgIpc) is 3.66. The number of phenols is 2. The zero-order valence-corrected chi connectivity index (χ0v) is 24.6. The second-order valence-electron chi connectivity index (χ2n) is 10.9. The molecule has 0 unspecified atom stereocenters. The molecular formula is C34H26N8O4. The molecule has 0 aliphatic rings. The zero-order chi connectivity index (χ0) is 32.3. The van der Waals surface area contributed by atoms with Crippen molar-refractivity contribution in [3.8, 4) is 45.1 Å². The van der Waals surface area contributed by atoms with E-state index in [9.17, 15) is 19.8 Å². The van der Waals surface area contributed by atoms with Gasteiger partial charge in [0.1, 0.15) is 44.9 Å². The number of aryl methyl sites for hydroxylation is 2. The maximum absolute atomic E-state index is 12.9. The Balaban J connectivity index is 1.46. The molecule has 2 amide bonds. The van der Waals surface area contributed by atoms with Gasteiger partial charge in [-0.05, 0) is 96.8 Å². The molecule has 0 saturated heterocycles. The number of fused-ring (bicyclic) bond motifs is 2. The van der Waals surface area contributed by atoms with Crippen LogP contribution in [-0.2, 0) is 0 Å². The zero-order valence-electron chi connectivity index (χ0n) is 24.6. The molecule has 0 aliphatic carbocycles. The van der Waals surface area contributed by atoms with Crippen LogP contribution in [0.3, 0.4) is 0 Å². The van der Waals surface area contributed by atoms with Gasteiger partial charge in [0.15, 0.2) is 0 Å². The van der Waals surface area contributed by atoms with E-state index in [1.807, 2.05) is 48.5 Å². The van der Waals surface area contributed by atoms with E-state index in [0.717, 1.165) is 0 Å². The number of hydrogen-bond donors (Lipinski definition) is 4. The van der Waals surface area contributed by atoms with Gasteiger partial charge in [-0.2, -0.15) is 0 Å². The molecule has 226 valence electrons. The first-order valence-electron chi connectivity index (χ1n) is 14.2. The van der Waals surface area contributed by atoms with Gasteiger partial charge in [0, 0.05) is 22.3 Å². The van der Waals surface area contributed by atoms with E-state index in [2.05, 4.69) is 20.4 Å². The number of benzene rings is 5. The smallest absolute Gasteiger partial charge is 0.249 e. The Labute approximate surface area is 261 Å². The van der Waals surface area contributed by atoms with Crippen LogP contribution >= 0.6 is 0 Å². The second-order valence-corrected chi connectivity index (χ2v) is 10.9. The highest BCUT2D eigenvalue weighted by Gasteiger charge is 2.26. The molecule has 0 radical (unpaired) electrons. The van der Waals surface area contributed by atoms with Gasteiger partial charge in [0.25, 0.3) is 0 Å². The van der Waals surface area contributed by atoms with E-state index < -0.39 is 11.8 Å². The van der Waals surface area contributed by atoms with Crippen molar-refractivity contribution >= 4 is 33.9 Å². The molecule has 7 rings (SSSR count). The van der Waals surface area contributed by atoms with Gasteiger partial charge in [-0.1, -0.05) is 24.3 Å². The van der Waals surface area contributed by atoms with Crippen molar-refractivity contribution in [2.75, 3.05) is 0 Å². The minimum Gasteiger partial charge on any atom is -0.506 e. The number of carbonyl (C=O) groups excluding carboxylic acids is 2. The SMILES string of the molecule is Cc1cc(-n2nc3ccccc3n2)c(O)cc1-c1c(C(N)=O)ccc(C(N)=O)c1-c1cc(O)c(-n2nc3ccccc3n2)cc1C. The standard InChI is InChI=1S/C34H26N8O4/c1-17-13-27(41-37-23-7-3-4-8-24(23)38-41)29(43)15-21(17)31-19(33(35)45)11-12-20(34(36)46)32(31)22-16-30(44)28(14-18(22)2)42-39-25-9-5-6-10-26(25)40-42/h3-16,43-44H,1-2H3,(H2,35,45)(H2,36,46). The molecule has 0 fully saturated rings. The van der Waals surface area contributed by atoms with E-state index in [-0.39, 0.29) is 33.8 Å². The third-order valence-electron chi connectivity index (χ3n) is 7.92. The quantitative estimate of drug-likeness (QED) is 0.208. The van der Waals surface area contributed by atoms with Crippen LogP contribution in [0.1, 0.15) is 31.8 Å². The third-order valence-corrected chi connectivity index (χ3v) is 7.92. The fourth-order valence-corrected chi connectivity index (χ4v) is 5.73. The van der Waals surface area contributed by atoms with E-state index >= 15 is 0 Å². The average molecular weight is 611 g/mol. The van der Waals surface area contributed by atoms with Crippen LogP contribution in [0.15, 0.2) is 84.9 Å². The van der Waals surface area contributed by atoms with Crippen LogP contribution in [0.5, 0.6) is 11.5 Å². The highest BCUT2D eigenvalue weighted by Crippen LogP contribution is 2.44. The summed E-state index contributed by atoms with van der Waals surface area (Å²) >= 11 is 0. The topological polar surface area (TPSA) is 188 Å². The summed E-state index contributed by atoms with van der Waals surface area (Å²) in [5, 5.41) is 40.5. The van der Waals surface area contributed by atoms with Gasteiger partial charge < -0.3 is 21.7 Å². The molecule has 0 aliphatic heterocycles. The molecule has 7 aromatic rings. The Kier molecular flexibility index (Phi) is 6.48. The number of rotatable bonds is 6. The maximum Gasteiger partial charge on any atom is 0.249 e. The summed E-state index contributed by atoms with van der Waals surface area (Å²) in [6.07, 6.45) is 0. The minimum atomic E-state index is -0.763. The molecule has 12 heteroatoms. The van der Waals surface area contributed by atoms with Crippen LogP contribution in [0.4, 0.5) is 0 Å². The van der Waals surface area contributed by atoms with Crippen LogP contribution in [0.25, 0.3) is 55.7 Å². The van der Waals surface area contributed by atoms with Crippen LogP contribution < -0.4 is 11.5 Å². The molecule has 12 nitrogen and oxygen atoms in total. The number of nitrogens with zero attached hydrogens (tertiary/aromatic N) is 6. The summed E-state index contributed by atoms with van der Waals surface area (Å²) < 4.78 is 0. The molecule has 2 aromatic heterocycles. The molecule has 6 N–H and O–H groups in total. The van der Waals surface area contributed by atoms with E-state index in [1.54, 1.807) is 26.0 Å². The molecule has 2 heterocycles. The Morgan fingerprint density at radius 3 is 1.20 bits per heavy atom. The molecule has 0 bridgehead atoms. The molecule has 0 spiro atoms. The molecule has 46 heavy (non-hydrogen) atoms. The summed E-state index contributed by atoms with van der Waals surface area (Å²) in [6, 6.07) is 23.8. The van der Waals surface area contributed by atoms with Gasteiger partial charge in [-0.25, -0.2) is 0 Å². The fraction of sp³-hybridized carbons (Fsp3) is 0.0588. The van der Waals surface area contributed by atoms with Crippen molar-refractivity contribution < 1.29 is 19.8 Å². The lowest BCUT2D eigenvalue weighted by atomic mass is 9.83. The number of nitrogens with two attached hydrogens (primary N) is 2. The van der Waals surface area contributed by atoms with Gasteiger partial charge in [0.2, 0.25) is 11.8 Å². The van der Waals surface area contributed by atoms with Crippen LogP contribution in [0, 0.1) is 13.8 Å². The van der Waals surface area contributed by atoms with E-state index in [0.29, 0.717) is 55.7 Å². The summed E-state index contributed by atoms with van der Waals surface area (Å²) in [7, 11) is 0. The highest BCUT2D eigenvalue weighted by molar-refractivity contribution is 6.11. The van der Waals surface area contributed by atoms with Crippen molar-refractivity contribution in [2.45, 2.75) is 13.8 Å². The van der Waals surface area contributed by atoms with Gasteiger partial charge in [-0.15, -0.1) is 30.0 Å². The van der Waals surface area contributed by atoms with E-state index in [4.69, 9.17) is 11.5 Å². The Hall–Kier alpha value is -6.56. The fourth-order valence-electron chi connectivity index (χ4n) is 5.73. The van der Waals surface area contributed by atoms with Crippen molar-refractivity contribution in [2.24, 2.45) is 11.5 Å². The second kappa shape index (κ2) is 10.6. The lowest BCUT2D eigenvalue weighted by molar-refractivity contribution is 0.0989. The van der Waals surface area contributed by atoms with E-state index in [1.165, 1.54) is 33.9 Å². The Morgan fingerprint density at radius 2 is 0.891 bits per heavy atom. The third kappa shape index (κ3) is 4.56. The lowest BCUT2D eigenvalue weighted by Crippen LogP contribution is -2.18. The largest absolute Gasteiger partial charge is 0.506 e. The monoisotopic (exact) mass is 610 g/mol. The molecule has 0 atom stereocenters. The van der Waals surface area contributed by atoms with Crippen molar-refractivity contribution in [1.82, 2.24) is 30.0 Å².